The minimum Gasteiger partial charge on any atom is -0.494 e. The normalized spacial score (nSPS) is 17.2. The molecule has 1 unspecified atom stereocenters. The van der Waals surface area contributed by atoms with Gasteiger partial charge in [-0.15, -0.1) is 0 Å². The molecule has 2 aromatic rings. The van der Waals surface area contributed by atoms with Gasteiger partial charge in [0.2, 0.25) is 5.91 Å². The molecule has 134 valence electrons. The van der Waals surface area contributed by atoms with E-state index in [0.717, 1.165) is 41.7 Å². The van der Waals surface area contributed by atoms with Crippen molar-refractivity contribution in [3.05, 3.63) is 36.0 Å². The number of aromatic nitrogens is 1. The smallest absolute Gasteiger partial charge is 0.234 e. The average Bonchev–Trinajstić information content (AvgIpc) is 3.14. The Labute approximate surface area is 148 Å². The molecule has 6 heteroatoms. The number of nitrogens with one attached hydrogen (secondary N) is 1. The lowest BCUT2D eigenvalue weighted by molar-refractivity contribution is -0.122. The maximum absolute atomic E-state index is 12.1. The fourth-order valence-corrected chi connectivity index (χ4v) is 3.19. The first-order valence-electron chi connectivity index (χ1n) is 8.65. The molecule has 3 rings (SSSR count). The van der Waals surface area contributed by atoms with Crippen LogP contribution in [0.1, 0.15) is 18.4 Å². The number of amides is 1. The zero-order valence-electron chi connectivity index (χ0n) is 14.8. The molecule has 1 aliphatic rings. The van der Waals surface area contributed by atoms with Gasteiger partial charge in [0.25, 0.3) is 0 Å². The summed E-state index contributed by atoms with van der Waals surface area (Å²) in [4.78, 5) is 18.5. The Morgan fingerprint density at radius 1 is 1.44 bits per heavy atom. The predicted molar refractivity (Wildman–Crippen MR) is 96.6 cm³/mol. The summed E-state index contributed by atoms with van der Waals surface area (Å²) in [7, 11) is 3.59. The molecule has 1 aromatic carbocycles. The van der Waals surface area contributed by atoms with Crippen molar-refractivity contribution in [2.75, 3.05) is 33.9 Å². The Kier molecular flexibility index (Phi) is 5.83. The van der Waals surface area contributed by atoms with Gasteiger partial charge in [0.15, 0.2) is 0 Å². The van der Waals surface area contributed by atoms with Crippen molar-refractivity contribution in [2.45, 2.75) is 25.5 Å². The lowest BCUT2D eigenvalue weighted by Crippen LogP contribution is -2.38. The van der Waals surface area contributed by atoms with E-state index in [1.165, 1.54) is 0 Å². The Morgan fingerprint density at radius 2 is 2.32 bits per heavy atom. The number of fused-ring (bicyclic) bond motifs is 1. The van der Waals surface area contributed by atoms with E-state index in [4.69, 9.17) is 9.47 Å². The summed E-state index contributed by atoms with van der Waals surface area (Å²) < 4.78 is 10.9. The molecule has 1 N–H and O–H groups in total. The van der Waals surface area contributed by atoms with Crippen LogP contribution in [0.2, 0.25) is 0 Å². The molecule has 0 radical (unpaired) electrons. The summed E-state index contributed by atoms with van der Waals surface area (Å²) in [5.41, 5.74) is 1.97. The quantitative estimate of drug-likeness (QED) is 0.833. The molecule has 1 aromatic heterocycles. The standard InChI is InChI=1S/C19H25N3O3/c1-22(13-18(23)21-11-15-5-4-10-25-15)12-14-7-8-17(24-2)19-16(14)6-3-9-20-19/h3,6-9,15H,4-5,10-13H2,1-2H3,(H,21,23). The van der Waals surface area contributed by atoms with Crippen LogP contribution in [-0.2, 0) is 16.1 Å². The number of rotatable bonds is 7. The van der Waals surface area contributed by atoms with E-state index in [0.29, 0.717) is 19.6 Å². The van der Waals surface area contributed by atoms with Crippen LogP contribution in [0.25, 0.3) is 10.9 Å². The summed E-state index contributed by atoms with van der Waals surface area (Å²) >= 11 is 0. The highest BCUT2D eigenvalue weighted by atomic mass is 16.5. The Balaban J connectivity index is 1.60. The number of carbonyl (C=O) groups excluding carboxylic acids is 1. The first kappa shape index (κ1) is 17.6. The van der Waals surface area contributed by atoms with Crippen LogP contribution in [0.3, 0.4) is 0 Å². The highest BCUT2D eigenvalue weighted by molar-refractivity contribution is 5.87. The zero-order chi connectivity index (χ0) is 17.6. The molecule has 2 heterocycles. The highest BCUT2D eigenvalue weighted by Crippen LogP contribution is 2.27. The molecule has 1 fully saturated rings. The van der Waals surface area contributed by atoms with Gasteiger partial charge in [0.1, 0.15) is 11.3 Å². The monoisotopic (exact) mass is 343 g/mol. The van der Waals surface area contributed by atoms with E-state index in [1.54, 1.807) is 13.3 Å². The molecular weight excluding hydrogens is 318 g/mol. The van der Waals surface area contributed by atoms with E-state index < -0.39 is 0 Å². The molecule has 0 spiro atoms. The third kappa shape index (κ3) is 4.46. The minimum atomic E-state index is 0.0222. The van der Waals surface area contributed by atoms with Crippen molar-refractivity contribution < 1.29 is 14.3 Å². The van der Waals surface area contributed by atoms with Crippen LogP contribution >= 0.6 is 0 Å². The molecular formula is C19H25N3O3. The molecule has 1 atom stereocenters. The second-order valence-corrected chi connectivity index (χ2v) is 6.44. The van der Waals surface area contributed by atoms with E-state index in [2.05, 4.69) is 10.3 Å². The molecule has 1 aliphatic heterocycles. The number of pyridine rings is 1. The molecule has 0 aliphatic carbocycles. The summed E-state index contributed by atoms with van der Waals surface area (Å²) in [5, 5.41) is 4.01. The maximum atomic E-state index is 12.1. The van der Waals surface area contributed by atoms with Crippen LogP contribution in [-0.4, -0.2) is 55.7 Å². The van der Waals surface area contributed by atoms with E-state index in [9.17, 15) is 4.79 Å². The first-order chi connectivity index (χ1) is 12.2. The van der Waals surface area contributed by atoms with Gasteiger partial charge < -0.3 is 14.8 Å². The number of ether oxygens (including phenoxy) is 2. The molecule has 6 nitrogen and oxygen atoms in total. The number of likely N-dealkylation sites (N-methyl/N-ethyl adjacent to an activating group) is 1. The van der Waals surface area contributed by atoms with Gasteiger partial charge >= 0.3 is 0 Å². The second kappa shape index (κ2) is 8.27. The molecule has 1 saturated heterocycles. The Bertz CT molecular complexity index is 729. The number of nitrogens with zero attached hydrogens (tertiary/aromatic N) is 2. The fraction of sp³-hybridized carbons (Fsp3) is 0.474. The average molecular weight is 343 g/mol. The van der Waals surface area contributed by atoms with E-state index in [-0.39, 0.29) is 12.0 Å². The van der Waals surface area contributed by atoms with Gasteiger partial charge in [0, 0.05) is 31.3 Å². The number of hydrogen-bond donors (Lipinski definition) is 1. The van der Waals surface area contributed by atoms with Crippen LogP contribution < -0.4 is 10.1 Å². The number of carbonyl (C=O) groups is 1. The number of hydrogen-bond acceptors (Lipinski definition) is 5. The Hall–Kier alpha value is -2.18. The third-order valence-electron chi connectivity index (χ3n) is 4.45. The van der Waals surface area contributed by atoms with Crippen molar-refractivity contribution >= 4 is 16.8 Å². The lowest BCUT2D eigenvalue weighted by atomic mass is 10.1. The van der Waals surface area contributed by atoms with E-state index in [1.807, 2.05) is 36.2 Å². The van der Waals surface area contributed by atoms with Crippen LogP contribution in [0.5, 0.6) is 5.75 Å². The maximum Gasteiger partial charge on any atom is 0.234 e. The summed E-state index contributed by atoms with van der Waals surface area (Å²) in [5.74, 6) is 0.783. The zero-order valence-corrected chi connectivity index (χ0v) is 14.8. The van der Waals surface area contributed by atoms with Gasteiger partial charge in [-0.25, -0.2) is 0 Å². The largest absolute Gasteiger partial charge is 0.494 e. The van der Waals surface area contributed by atoms with Crippen molar-refractivity contribution in [1.29, 1.82) is 0 Å². The minimum absolute atomic E-state index is 0.0222. The first-order valence-corrected chi connectivity index (χ1v) is 8.65. The van der Waals surface area contributed by atoms with Crippen molar-refractivity contribution in [2.24, 2.45) is 0 Å². The molecule has 0 saturated carbocycles. The van der Waals surface area contributed by atoms with Gasteiger partial charge in [-0.1, -0.05) is 12.1 Å². The van der Waals surface area contributed by atoms with Gasteiger partial charge in [-0.2, -0.15) is 0 Å². The highest BCUT2D eigenvalue weighted by Gasteiger charge is 2.17. The molecule has 1 amide bonds. The van der Waals surface area contributed by atoms with Crippen molar-refractivity contribution in [3.8, 4) is 5.75 Å². The molecule has 0 bridgehead atoms. The summed E-state index contributed by atoms with van der Waals surface area (Å²) in [6, 6.07) is 7.91. The van der Waals surface area contributed by atoms with Crippen LogP contribution in [0, 0.1) is 0 Å². The fourth-order valence-electron chi connectivity index (χ4n) is 3.19. The van der Waals surface area contributed by atoms with Gasteiger partial charge in [-0.3, -0.25) is 14.7 Å². The van der Waals surface area contributed by atoms with Gasteiger partial charge in [0.05, 0.1) is 19.8 Å². The van der Waals surface area contributed by atoms with Crippen molar-refractivity contribution in [3.63, 3.8) is 0 Å². The lowest BCUT2D eigenvalue weighted by Gasteiger charge is -2.19. The number of benzene rings is 1. The summed E-state index contributed by atoms with van der Waals surface area (Å²) in [6.45, 7) is 2.42. The van der Waals surface area contributed by atoms with Gasteiger partial charge in [-0.05, 0) is 37.6 Å². The second-order valence-electron chi connectivity index (χ2n) is 6.44. The summed E-state index contributed by atoms with van der Waals surface area (Å²) in [6.07, 6.45) is 4.04. The topological polar surface area (TPSA) is 63.7 Å². The van der Waals surface area contributed by atoms with Crippen LogP contribution in [0.4, 0.5) is 0 Å². The number of methoxy groups -OCH3 is 1. The van der Waals surface area contributed by atoms with Crippen LogP contribution in [0.15, 0.2) is 30.5 Å². The van der Waals surface area contributed by atoms with Crippen molar-refractivity contribution in [1.82, 2.24) is 15.2 Å². The molecule has 25 heavy (non-hydrogen) atoms. The predicted octanol–water partition coefficient (Wildman–Crippen LogP) is 1.97. The Morgan fingerprint density at radius 3 is 3.08 bits per heavy atom. The van der Waals surface area contributed by atoms with E-state index >= 15 is 0 Å². The SMILES string of the molecule is COc1ccc(CN(C)CC(=O)NCC2CCCO2)c2cccnc12. The third-order valence-corrected chi connectivity index (χ3v) is 4.45.